The van der Waals surface area contributed by atoms with Gasteiger partial charge in [0.2, 0.25) is 0 Å². The van der Waals surface area contributed by atoms with Gasteiger partial charge in [-0.3, -0.25) is 0 Å². The number of hydrogen-bond donors (Lipinski definition) is 0. The Kier molecular flexibility index (Phi) is 8.32. The molecule has 0 atom stereocenters. The molecule has 0 N–H and O–H groups in total. The third-order valence-corrected chi connectivity index (χ3v) is 17.9. The molecule has 0 radical (unpaired) electrons. The highest BCUT2D eigenvalue weighted by atomic mass is 32.4. The summed E-state index contributed by atoms with van der Waals surface area (Å²) >= 11 is 2.30. The van der Waals surface area contributed by atoms with Crippen LogP contribution in [0.4, 0.5) is 0 Å². The lowest BCUT2D eigenvalue weighted by Crippen LogP contribution is -2.39. The Morgan fingerprint density at radius 1 is 0.938 bits per heavy atom. The van der Waals surface area contributed by atoms with Crippen molar-refractivity contribution in [1.82, 2.24) is 0 Å². The lowest BCUT2D eigenvalue weighted by atomic mass is 10.5. The molecule has 0 amide bonds. The number of hydrogen-bond acceptors (Lipinski definition) is 2. The Morgan fingerprint density at radius 3 is 1.81 bits per heavy atom. The molecule has 1 nitrogen and oxygen atoms in total. The fraction of sp³-hybridized carbons (Fsp3) is 1.00. The predicted molar refractivity (Wildman–Crippen MR) is 83.4 cm³/mol. The van der Waals surface area contributed by atoms with E-state index >= 15 is 0 Å². The summed E-state index contributed by atoms with van der Waals surface area (Å²) in [6.45, 7) is 15.0. The quantitative estimate of drug-likeness (QED) is 0.555. The van der Waals surface area contributed by atoms with Gasteiger partial charge in [-0.2, -0.15) is 11.2 Å². The normalized spacial score (nSPS) is 13.1. The zero-order valence-corrected chi connectivity index (χ0v) is 14.9. The third-order valence-electron chi connectivity index (χ3n) is 3.36. The minimum atomic E-state index is -1.39. The zero-order valence-electron chi connectivity index (χ0n) is 12.1. The first-order valence-electron chi connectivity index (χ1n) is 6.73. The first-order valence-corrected chi connectivity index (χ1v) is 14.2. The maximum atomic E-state index is 6.05. The van der Waals surface area contributed by atoms with Gasteiger partial charge in [0.25, 0.3) is 0 Å². The Morgan fingerprint density at radius 2 is 1.44 bits per heavy atom. The Balaban J connectivity index is 4.18. The second kappa shape index (κ2) is 7.95. The predicted octanol–water partition coefficient (Wildman–Crippen LogP) is 4.90. The third kappa shape index (κ3) is 5.89. The maximum absolute atomic E-state index is 6.05. The van der Waals surface area contributed by atoms with Gasteiger partial charge in [0.05, 0.1) is 0 Å². The molecule has 0 aromatic heterocycles. The molecular formula is C12H30OSSi2. The summed E-state index contributed by atoms with van der Waals surface area (Å²) in [6, 6.07) is 4.26. The smallest absolute Gasteiger partial charge is 0.195 e. The molecule has 0 bridgehead atoms. The molecule has 98 valence electrons. The second-order valence-corrected chi connectivity index (χ2v) is 18.3. The SMILES string of the molecule is CCCO[Si](C)(C)CS[Si](CC)(CC)CC. The molecule has 0 heterocycles. The lowest BCUT2D eigenvalue weighted by Gasteiger charge is -2.31. The molecule has 0 rings (SSSR count). The lowest BCUT2D eigenvalue weighted by molar-refractivity contribution is 0.311. The van der Waals surface area contributed by atoms with Crippen molar-refractivity contribution in [2.75, 3.05) is 12.0 Å². The summed E-state index contributed by atoms with van der Waals surface area (Å²) in [7, 11) is -2.38. The highest BCUT2D eigenvalue weighted by Gasteiger charge is 2.32. The summed E-state index contributed by atoms with van der Waals surface area (Å²) in [5.41, 5.74) is 0. The van der Waals surface area contributed by atoms with Crippen LogP contribution in [0.1, 0.15) is 34.1 Å². The van der Waals surface area contributed by atoms with E-state index in [2.05, 4.69) is 52.0 Å². The molecule has 0 aliphatic carbocycles. The van der Waals surface area contributed by atoms with Crippen LogP contribution in [-0.2, 0) is 4.43 Å². The van der Waals surface area contributed by atoms with E-state index in [-0.39, 0.29) is 0 Å². The molecule has 0 fully saturated rings. The topological polar surface area (TPSA) is 9.23 Å². The molecule has 0 aromatic carbocycles. The average molecular weight is 279 g/mol. The van der Waals surface area contributed by atoms with Gasteiger partial charge >= 0.3 is 0 Å². The van der Waals surface area contributed by atoms with Crippen molar-refractivity contribution in [2.45, 2.75) is 65.3 Å². The largest absolute Gasteiger partial charge is 0.417 e. The van der Waals surface area contributed by atoms with E-state index in [4.69, 9.17) is 4.43 Å². The fourth-order valence-electron chi connectivity index (χ4n) is 1.80. The van der Waals surface area contributed by atoms with Crippen LogP contribution in [-0.4, -0.2) is 27.5 Å². The van der Waals surface area contributed by atoms with Crippen molar-refractivity contribution < 1.29 is 4.43 Å². The highest BCUT2D eigenvalue weighted by molar-refractivity contribution is 8.29. The minimum Gasteiger partial charge on any atom is -0.417 e. The zero-order chi connectivity index (χ0) is 12.7. The molecule has 0 saturated heterocycles. The summed E-state index contributed by atoms with van der Waals surface area (Å²) < 4.78 is 6.05. The van der Waals surface area contributed by atoms with Crippen LogP contribution in [0.3, 0.4) is 0 Å². The van der Waals surface area contributed by atoms with Crippen LogP contribution in [0.2, 0.25) is 31.2 Å². The van der Waals surface area contributed by atoms with Crippen LogP contribution in [0.15, 0.2) is 0 Å². The monoisotopic (exact) mass is 278 g/mol. The molecule has 16 heavy (non-hydrogen) atoms. The first kappa shape index (κ1) is 16.7. The van der Waals surface area contributed by atoms with Crippen LogP contribution in [0.25, 0.3) is 0 Å². The van der Waals surface area contributed by atoms with E-state index in [1.54, 1.807) is 0 Å². The van der Waals surface area contributed by atoms with Crippen molar-refractivity contribution in [3.63, 3.8) is 0 Å². The second-order valence-electron chi connectivity index (χ2n) is 5.14. The van der Waals surface area contributed by atoms with E-state index < -0.39 is 15.5 Å². The summed E-state index contributed by atoms with van der Waals surface area (Å²) in [6.07, 6.45) is 1.15. The molecule has 0 aliphatic rings. The molecule has 0 aliphatic heterocycles. The standard InChI is InChI=1S/C12H30OSSi2/c1-7-11-13-15(5,6)12-14-16(8-2,9-3)10-4/h7-12H2,1-6H3. The molecule has 0 saturated carbocycles. The summed E-state index contributed by atoms with van der Waals surface area (Å²) in [5, 5.41) is 1.30. The minimum absolute atomic E-state index is 0.957. The van der Waals surface area contributed by atoms with Crippen LogP contribution in [0, 0.1) is 0 Å². The number of rotatable bonds is 9. The van der Waals surface area contributed by atoms with Gasteiger partial charge in [-0.05, 0) is 19.5 Å². The van der Waals surface area contributed by atoms with Gasteiger partial charge < -0.3 is 4.43 Å². The highest BCUT2D eigenvalue weighted by Crippen LogP contribution is 2.34. The van der Waals surface area contributed by atoms with Gasteiger partial charge in [0.15, 0.2) is 8.32 Å². The van der Waals surface area contributed by atoms with E-state index in [1.807, 2.05) is 0 Å². The maximum Gasteiger partial charge on any atom is 0.195 e. The van der Waals surface area contributed by atoms with Gasteiger partial charge in [-0.1, -0.05) is 45.8 Å². The fourth-order valence-corrected chi connectivity index (χ4v) is 15.3. The molecule has 0 spiro atoms. The van der Waals surface area contributed by atoms with Gasteiger partial charge in [-0.15, -0.1) is 0 Å². The van der Waals surface area contributed by atoms with Gasteiger partial charge in [-0.25, -0.2) is 0 Å². The molecule has 0 unspecified atom stereocenters. The molecule has 4 heteroatoms. The summed E-state index contributed by atoms with van der Waals surface area (Å²) in [4.78, 5) is 0. The van der Waals surface area contributed by atoms with Gasteiger partial charge in [0, 0.05) is 12.0 Å². The van der Waals surface area contributed by atoms with Crippen molar-refractivity contribution in [3.8, 4) is 0 Å². The van der Waals surface area contributed by atoms with Crippen molar-refractivity contribution >= 4 is 26.8 Å². The Labute approximate surface area is 109 Å². The Bertz CT molecular complexity index is 174. The molecular weight excluding hydrogens is 248 g/mol. The first-order chi connectivity index (χ1) is 7.45. The van der Waals surface area contributed by atoms with Crippen molar-refractivity contribution in [2.24, 2.45) is 0 Å². The molecule has 0 aromatic rings. The van der Waals surface area contributed by atoms with E-state index in [9.17, 15) is 0 Å². The van der Waals surface area contributed by atoms with Crippen molar-refractivity contribution in [3.05, 3.63) is 0 Å². The van der Waals surface area contributed by atoms with E-state index in [0.717, 1.165) is 13.0 Å². The van der Waals surface area contributed by atoms with E-state index in [0.29, 0.717) is 0 Å². The van der Waals surface area contributed by atoms with Crippen LogP contribution < -0.4 is 0 Å². The van der Waals surface area contributed by atoms with Crippen LogP contribution >= 0.6 is 11.2 Å². The summed E-state index contributed by atoms with van der Waals surface area (Å²) in [5.74, 6) is 0. The average Bonchev–Trinajstić information content (AvgIpc) is 2.29. The van der Waals surface area contributed by atoms with E-state index in [1.165, 1.54) is 23.5 Å². The Hall–Kier alpha value is 0.744. The van der Waals surface area contributed by atoms with Crippen LogP contribution in [0.5, 0.6) is 0 Å². The van der Waals surface area contributed by atoms with Gasteiger partial charge in [0.1, 0.15) is 7.22 Å². The van der Waals surface area contributed by atoms with Crippen molar-refractivity contribution in [1.29, 1.82) is 0 Å².